The second-order valence-corrected chi connectivity index (χ2v) is 6.81. The Hall–Kier alpha value is -3.52. The zero-order chi connectivity index (χ0) is 18.2. The van der Waals surface area contributed by atoms with E-state index >= 15 is 0 Å². The van der Waals surface area contributed by atoms with Crippen molar-refractivity contribution in [2.45, 2.75) is 6.92 Å². The Bertz CT molecular complexity index is 1190. The lowest BCUT2D eigenvalue weighted by atomic mass is 10.0. The van der Waals surface area contributed by atoms with Crippen molar-refractivity contribution < 1.29 is 0 Å². The zero-order valence-electron chi connectivity index (χ0n) is 15.1. The second-order valence-electron chi connectivity index (χ2n) is 6.81. The molecule has 0 saturated carbocycles. The minimum absolute atomic E-state index is 0.781. The third-order valence-corrected chi connectivity index (χ3v) is 4.93. The number of hydrogen-bond acceptors (Lipinski definition) is 2. The molecule has 2 heteroatoms. The van der Waals surface area contributed by atoms with Crippen LogP contribution in [-0.4, -0.2) is 9.97 Å². The predicted octanol–water partition coefficient (Wildman–Crippen LogP) is 6.43. The Balaban J connectivity index is 1.64. The summed E-state index contributed by atoms with van der Waals surface area (Å²) in [6.07, 6.45) is 0. The van der Waals surface area contributed by atoms with Gasteiger partial charge in [0, 0.05) is 11.1 Å². The summed E-state index contributed by atoms with van der Waals surface area (Å²) < 4.78 is 0. The van der Waals surface area contributed by atoms with E-state index in [4.69, 9.17) is 0 Å². The van der Waals surface area contributed by atoms with Crippen LogP contribution in [0.1, 0.15) is 5.82 Å². The lowest BCUT2D eigenvalue weighted by Gasteiger charge is -2.09. The van der Waals surface area contributed by atoms with Gasteiger partial charge in [-0.15, -0.1) is 0 Å². The van der Waals surface area contributed by atoms with Gasteiger partial charge in [-0.1, -0.05) is 72.8 Å². The molecule has 1 aromatic heterocycles. The van der Waals surface area contributed by atoms with Crippen molar-refractivity contribution in [3.05, 3.63) is 96.8 Å². The SMILES string of the molecule is Cc1nc(-c2ccc3ccccc3c2)cc(-c2ccc3ccccc3c2)n1. The Kier molecular flexibility index (Phi) is 3.68. The summed E-state index contributed by atoms with van der Waals surface area (Å²) in [4.78, 5) is 9.38. The Labute approximate surface area is 158 Å². The number of aromatic nitrogens is 2. The lowest BCUT2D eigenvalue weighted by molar-refractivity contribution is 1.06. The fraction of sp³-hybridized carbons (Fsp3) is 0.0400. The first kappa shape index (κ1) is 15.7. The highest BCUT2D eigenvalue weighted by Gasteiger charge is 2.08. The fourth-order valence-electron chi connectivity index (χ4n) is 3.56. The van der Waals surface area contributed by atoms with Crippen molar-refractivity contribution in [3.8, 4) is 22.5 Å². The highest BCUT2D eigenvalue weighted by atomic mass is 14.9. The molecule has 0 N–H and O–H groups in total. The van der Waals surface area contributed by atoms with Gasteiger partial charge in [-0.3, -0.25) is 0 Å². The van der Waals surface area contributed by atoms with Crippen molar-refractivity contribution >= 4 is 21.5 Å². The van der Waals surface area contributed by atoms with Gasteiger partial charge < -0.3 is 0 Å². The molecule has 0 aliphatic rings. The standard InChI is InChI=1S/C25H18N2/c1-17-26-24(22-12-10-18-6-2-4-8-20(18)14-22)16-25(27-17)23-13-11-19-7-3-5-9-21(19)15-23/h2-16H,1H3. The minimum atomic E-state index is 0.781. The quantitative estimate of drug-likeness (QED) is 0.368. The number of nitrogens with zero attached hydrogens (tertiary/aromatic N) is 2. The average Bonchev–Trinajstić information content (AvgIpc) is 2.72. The van der Waals surface area contributed by atoms with Crippen LogP contribution in [0.2, 0.25) is 0 Å². The maximum Gasteiger partial charge on any atom is 0.126 e. The number of benzene rings is 4. The van der Waals surface area contributed by atoms with E-state index in [1.807, 2.05) is 6.92 Å². The van der Waals surface area contributed by atoms with Crippen LogP contribution in [-0.2, 0) is 0 Å². The van der Waals surface area contributed by atoms with Gasteiger partial charge in [0.2, 0.25) is 0 Å². The Morgan fingerprint density at radius 3 is 1.41 bits per heavy atom. The van der Waals surface area contributed by atoms with Crippen LogP contribution >= 0.6 is 0 Å². The van der Waals surface area contributed by atoms with E-state index in [0.29, 0.717) is 0 Å². The van der Waals surface area contributed by atoms with Gasteiger partial charge in [-0.05, 0) is 46.7 Å². The molecule has 4 aromatic carbocycles. The van der Waals surface area contributed by atoms with Crippen molar-refractivity contribution in [2.75, 3.05) is 0 Å². The number of fused-ring (bicyclic) bond motifs is 2. The normalized spacial score (nSPS) is 11.1. The molecule has 5 rings (SSSR count). The smallest absolute Gasteiger partial charge is 0.126 e. The van der Waals surface area contributed by atoms with E-state index in [2.05, 4.69) is 101 Å². The monoisotopic (exact) mass is 346 g/mol. The summed E-state index contributed by atoms with van der Waals surface area (Å²) in [5, 5.41) is 4.92. The van der Waals surface area contributed by atoms with Gasteiger partial charge in [-0.2, -0.15) is 0 Å². The molecule has 0 radical (unpaired) electrons. The molecule has 0 bridgehead atoms. The first-order valence-corrected chi connectivity index (χ1v) is 9.10. The largest absolute Gasteiger partial charge is 0.233 e. The molecule has 0 fully saturated rings. The first-order chi connectivity index (χ1) is 13.3. The van der Waals surface area contributed by atoms with E-state index < -0.39 is 0 Å². The molecule has 0 aliphatic carbocycles. The molecule has 0 aliphatic heterocycles. The van der Waals surface area contributed by atoms with Gasteiger partial charge in [-0.25, -0.2) is 9.97 Å². The third-order valence-electron chi connectivity index (χ3n) is 4.93. The van der Waals surface area contributed by atoms with E-state index in [1.165, 1.54) is 21.5 Å². The van der Waals surface area contributed by atoms with Gasteiger partial charge in [0.25, 0.3) is 0 Å². The molecule has 0 atom stereocenters. The van der Waals surface area contributed by atoms with Crippen LogP contribution in [0.25, 0.3) is 44.1 Å². The predicted molar refractivity (Wildman–Crippen MR) is 113 cm³/mol. The van der Waals surface area contributed by atoms with Crippen molar-refractivity contribution in [1.29, 1.82) is 0 Å². The van der Waals surface area contributed by atoms with Gasteiger partial charge in [0.05, 0.1) is 11.4 Å². The van der Waals surface area contributed by atoms with Gasteiger partial charge >= 0.3 is 0 Å². The molecule has 0 amide bonds. The summed E-state index contributed by atoms with van der Waals surface area (Å²) >= 11 is 0. The van der Waals surface area contributed by atoms with Crippen molar-refractivity contribution in [1.82, 2.24) is 9.97 Å². The highest BCUT2D eigenvalue weighted by molar-refractivity contribution is 5.88. The highest BCUT2D eigenvalue weighted by Crippen LogP contribution is 2.28. The van der Waals surface area contributed by atoms with E-state index in [-0.39, 0.29) is 0 Å². The van der Waals surface area contributed by atoms with E-state index in [1.54, 1.807) is 0 Å². The molecule has 2 nitrogen and oxygen atoms in total. The summed E-state index contributed by atoms with van der Waals surface area (Å²) in [7, 11) is 0. The zero-order valence-corrected chi connectivity index (χ0v) is 15.1. The molecular formula is C25H18N2. The molecule has 5 aromatic rings. The van der Waals surface area contributed by atoms with Crippen LogP contribution in [0.3, 0.4) is 0 Å². The fourth-order valence-corrected chi connectivity index (χ4v) is 3.56. The summed E-state index contributed by atoms with van der Waals surface area (Å²) in [6.45, 7) is 1.95. The van der Waals surface area contributed by atoms with Gasteiger partial charge in [0.1, 0.15) is 5.82 Å². The first-order valence-electron chi connectivity index (χ1n) is 9.10. The molecule has 0 unspecified atom stereocenters. The average molecular weight is 346 g/mol. The van der Waals surface area contributed by atoms with Crippen molar-refractivity contribution in [3.63, 3.8) is 0 Å². The van der Waals surface area contributed by atoms with Crippen LogP contribution in [0, 0.1) is 6.92 Å². The van der Waals surface area contributed by atoms with E-state index in [9.17, 15) is 0 Å². The number of aryl methyl sites for hydroxylation is 1. The Morgan fingerprint density at radius 1 is 0.481 bits per heavy atom. The topological polar surface area (TPSA) is 25.8 Å². The molecule has 0 saturated heterocycles. The molecule has 0 spiro atoms. The number of rotatable bonds is 2. The van der Waals surface area contributed by atoms with Crippen molar-refractivity contribution in [2.24, 2.45) is 0 Å². The van der Waals surface area contributed by atoms with Crippen LogP contribution in [0.4, 0.5) is 0 Å². The van der Waals surface area contributed by atoms with Gasteiger partial charge in [0.15, 0.2) is 0 Å². The second kappa shape index (κ2) is 6.33. The Morgan fingerprint density at radius 2 is 0.926 bits per heavy atom. The molecule has 1 heterocycles. The molecule has 27 heavy (non-hydrogen) atoms. The van der Waals surface area contributed by atoms with Crippen LogP contribution < -0.4 is 0 Å². The minimum Gasteiger partial charge on any atom is -0.233 e. The summed E-state index contributed by atoms with van der Waals surface area (Å²) in [5.74, 6) is 0.781. The van der Waals surface area contributed by atoms with Crippen LogP contribution in [0.15, 0.2) is 91.0 Å². The molecular weight excluding hydrogens is 328 g/mol. The maximum atomic E-state index is 4.69. The summed E-state index contributed by atoms with van der Waals surface area (Å²) in [6, 6.07) is 31.8. The molecule has 128 valence electrons. The van der Waals surface area contributed by atoms with Crippen LogP contribution in [0.5, 0.6) is 0 Å². The summed E-state index contributed by atoms with van der Waals surface area (Å²) in [5.41, 5.74) is 4.13. The van der Waals surface area contributed by atoms with E-state index in [0.717, 1.165) is 28.3 Å². The lowest BCUT2D eigenvalue weighted by Crippen LogP contribution is -1.95. The third kappa shape index (κ3) is 2.96. The maximum absolute atomic E-state index is 4.69. The number of hydrogen-bond donors (Lipinski definition) is 0.